The highest BCUT2D eigenvalue weighted by atomic mass is 32.1. The van der Waals surface area contributed by atoms with Crippen LogP contribution < -0.4 is 0 Å². The Morgan fingerprint density at radius 1 is 1.31 bits per heavy atom. The summed E-state index contributed by atoms with van der Waals surface area (Å²) in [7, 11) is 4.72. The third-order valence-corrected chi connectivity index (χ3v) is 6.30. The van der Waals surface area contributed by atoms with Gasteiger partial charge in [-0.15, -0.1) is 0 Å². The molecule has 0 spiro atoms. The first kappa shape index (κ1) is 12.8. The van der Waals surface area contributed by atoms with Gasteiger partial charge in [0.25, 0.3) is 0 Å². The molecule has 1 aliphatic heterocycles. The summed E-state index contributed by atoms with van der Waals surface area (Å²) < 4.78 is 0. The molecule has 2 aliphatic rings. The molecule has 3 heteroatoms. The van der Waals surface area contributed by atoms with E-state index >= 15 is 0 Å². The van der Waals surface area contributed by atoms with E-state index in [0.717, 1.165) is 12.0 Å². The number of fused-ring (bicyclic) bond motifs is 1. The second kappa shape index (κ2) is 3.95. The molecule has 0 radical (unpaired) electrons. The Bertz CT molecular complexity index is 277. The van der Waals surface area contributed by atoms with Gasteiger partial charge >= 0.3 is 0 Å². The van der Waals surface area contributed by atoms with E-state index in [9.17, 15) is 0 Å². The van der Waals surface area contributed by atoms with Crippen LogP contribution in [-0.2, 0) is 0 Å². The van der Waals surface area contributed by atoms with Crippen molar-refractivity contribution in [3.63, 3.8) is 0 Å². The van der Waals surface area contributed by atoms with Crippen molar-refractivity contribution in [3.05, 3.63) is 0 Å². The molecule has 0 bridgehead atoms. The van der Waals surface area contributed by atoms with E-state index in [1.807, 2.05) is 0 Å². The molecule has 4 atom stereocenters. The monoisotopic (exact) mass is 239 g/mol. The molecule has 1 aliphatic carbocycles. The highest BCUT2D eigenvalue weighted by molar-refractivity contribution is 7.80. The number of likely N-dealkylation sites (tertiary alicyclic amines) is 1. The molecule has 16 heavy (non-hydrogen) atoms. The van der Waals surface area contributed by atoms with Crippen LogP contribution in [0.15, 0.2) is 0 Å². The summed E-state index contributed by atoms with van der Waals surface area (Å²) in [5, 5.41) is 0.956. The average Bonchev–Trinajstić information content (AvgIpc) is 2.34. The Hall–Kier alpha value is 0.375. The second-order valence-electron chi connectivity index (χ2n) is 7.22. The van der Waals surface area contributed by atoms with Gasteiger partial charge in [0.05, 0.1) is 5.37 Å². The maximum absolute atomic E-state index is 4.70. The van der Waals surface area contributed by atoms with Crippen molar-refractivity contribution in [1.82, 2.24) is 4.90 Å². The molecule has 0 aromatic carbocycles. The molecule has 92 valence electrons. The van der Waals surface area contributed by atoms with E-state index in [1.165, 1.54) is 25.7 Å². The Morgan fingerprint density at radius 2 is 1.94 bits per heavy atom. The topological polar surface area (TPSA) is 3.24 Å². The predicted molar refractivity (Wildman–Crippen MR) is 77.0 cm³/mol. The van der Waals surface area contributed by atoms with E-state index in [-0.39, 0.29) is 0 Å². The van der Waals surface area contributed by atoms with Gasteiger partial charge in [-0.1, -0.05) is 32.5 Å². The molecule has 0 N–H and O–H groups in total. The molecule has 4 unspecified atom stereocenters. The highest BCUT2D eigenvalue weighted by Gasteiger charge is 2.47. The summed E-state index contributed by atoms with van der Waals surface area (Å²) >= 11 is 4.70. The maximum atomic E-state index is 4.70. The van der Waals surface area contributed by atoms with Crippen molar-refractivity contribution >= 4 is 20.5 Å². The van der Waals surface area contributed by atoms with Gasteiger partial charge in [-0.2, -0.15) is 12.6 Å². The van der Waals surface area contributed by atoms with Gasteiger partial charge in [-0.3, -0.25) is 4.90 Å². The van der Waals surface area contributed by atoms with Gasteiger partial charge in [0.1, 0.15) is 7.85 Å². The van der Waals surface area contributed by atoms with Crippen molar-refractivity contribution in [2.45, 2.75) is 63.2 Å². The molecule has 1 nitrogen and oxygen atoms in total. The highest BCUT2D eigenvalue weighted by Crippen LogP contribution is 2.56. The van der Waals surface area contributed by atoms with Crippen LogP contribution >= 0.6 is 12.6 Å². The van der Waals surface area contributed by atoms with Crippen molar-refractivity contribution in [3.8, 4) is 0 Å². The number of thiol groups is 1. The van der Waals surface area contributed by atoms with Crippen LogP contribution in [0, 0.1) is 11.3 Å². The fourth-order valence-electron chi connectivity index (χ4n) is 3.59. The zero-order valence-electron chi connectivity index (χ0n) is 11.5. The smallest absolute Gasteiger partial charge is 0.109 e. The summed E-state index contributed by atoms with van der Waals surface area (Å²) in [6, 6.07) is 0.781. The van der Waals surface area contributed by atoms with Gasteiger partial charge in [0.2, 0.25) is 0 Å². The van der Waals surface area contributed by atoms with Crippen molar-refractivity contribution in [1.29, 1.82) is 0 Å². The van der Waals surface area contributed by atoms with Crippen molar-refractivity contribution < 1.29 is 0 Å². The fraction of sp³-hybridized carbons (Fsp3) is 1.00. The normalized spacial score (nSPS) is 48.7. The second-order valence-corrected chi connectivity index (χ2v) is 7.82. The first-order chi connectivity index (χ1) is 7.24. The summed E-state index contributed by atoms with van der Waals surface area (Å²) in [5.74, 6) is 0.865. The van der Waals surface area contributed by atoms with Gasteiger partial charge in [-0.25, -0.2) is 0 Å². The average molecular weight is 239 g/mol. The minimum atomic E-state index is 0.463. The van der Waals surface area contributed by atoms with Gasteiger partial charge < -0.3 is 0 Å². The summed E-state index contributed by atoms with van der Waals surface area (Å²) in [6.45, 7) is 7.36. The number of nitrogens with zero attached hydrogens (tertiary/aromatic N) is 1. The fourth-order valence-corrected chi connectivity index (χ4v) is 4.03. The SMILES string of the molecule is BC1(C)CC2CC(S)N(C)C2CCC1(C)C. The summed E-state index contributed by atoms with van der Waals surface area (Å²) in [6.07, 6.45) is 5.36. The number of rotatable bonds is 0. The summed E-state index contributed by atoms with van der Waals surface area (Å²) in [5.41, 5.74) is 0.476. The molecule has 1 heterocycles. The van der Waals surface area contributed by atoms with Crippen LogP contribution in [0.4, 0.5) is 0 Å². The maximum Gasteiger partial charge on any atom is 0.109 e. The van der Waals surface area contributed by atoms with E-state index in [2.05, 4.69) is 40.6 Å². The minimum Gasteiger partial charge on any atom is -0.291 e. The molecular formula is C13H26BNS. The summed E-state index contributed by atoms with van der Waals surface area (Å²) in [4.78, 5) is 2.51. The van der Waals surface area contributed by atoms with Crippen molar-refractivity contribution in [2.24, 2.45) is 11.3 Å². The van der Waals surface area contributed by atoms with Gasteiger partial charge in [-0.05, 0) is 37.6 Å². The van der Waals surface area contributed by atoms with Crippen LogP contribution in [0.5, 0.6) is 0 Å². The number of hydrogen-bond donors (Lipinski definition) is 1. The zero-order valence-corrected chi connectivity index (χ0v) is 12.3. The molecular weight excluding hydrogens is 213 g/mol. The lowest BCUT2D eigenvalue weighted by Gasteiger charge is -2.41. The van der Waals surface area contributed by atoms with Crippen molar-refractivity contribution in [2.75, 3.05) is 7.05 Å². The Balaban J connectivity index is 2.21. The zero-order chi connectivity index (χ0) is 12.1. The molecule has 0 aromatic heterocycles. The van der Waals surface area contributed by atoms with Crippen LogP contribution in [0.2, 0.25) is 5.31 Å². The molecule has 2 rings (SSSR count). The van der Waals surface area contributed by atoms with E-state index in [4.69, 9.17) is 12.6 Å². The van der Waals surface area contributed by atoms with Crippen LogP contribution in [-0.4, -0.2) is 31.2 Å². The van der Waals surface area contributed by atoms with Gasteiger partial charge in [0, 0.05) is 6.04 Å². The third kappa shape index (κ3) is 1.94. The van der Waals surface area contributed by atoms with Crippen LogP contribution in [0.3, 0.4) is 0 Å². The van der Waals surface area contributed by atoms with Gasteiger partial charge in [0.15, 0.2) is 0 Å². The first-order valence-electron chi connectivity index (χ1n) is 6.65. The van der Waals surface area contributed by atoms with Crippen LogP contribution in [0.25, 0.3) is 0 Å². The van der Waals surface area contributed by atoms with E-state index in [0.29, 0.717) is 16.1 Å². The lowest BCUT2D eigenvalue weighted by Crippen LogP contribution is -2.31. The van der Waals surface area contributed by atoms with E-state index < -0.39 is 0 Å². The van der Waals surface area contributed by atoms with E-state index in [1.54, 1.807) is 0 Å². The Morgan fingerprint density at radius 3 is 2.56 bits per heavy atom. The lowest BCUT2D eigenvalue weighted by atomic mass is 9.52. The molecule has 0 amide bonds. The largest absolute Gasteiger partial charge is 0.291 e. The number of hydrogen-bond acceptors (Lipinski definition) is 2. The van der Waals surface area contributed by atoms with Crippen LogP contribution in [0.1, 0.15) is 46.5 Å². The minimum absolute atomic E-state index is 0.463. The first-order valence-corrected chi connectivity index (χ1v) is 7.16. The molecule has 1 saturated heterocycles. The standard InChI is InChI=1S/C13H26BNS/c1-12(2)6-5-10-9(8-13(12,3)14)7-11(16)15(10)4/h9-11,16H,5-8,14H2,1-4H3. The lowest BCUT2D eigenvalue weighted by molar-refractivity contribution is 0.217. The Kier molecular flexibility index (Phi) is 3.16. The molecule has 0 aromatic rings. The third-order valence-electron chi connectivity index (χ3n) is 5.72. The Labute approximate surface area is 107 Å². The molecule has 1 saturated carbocycles. The molecule has 2 fully saturated rings. The quantitative estimate of drug-likeness (QED) is 0.502. The predicted octanol–water partition coefficient (Wildman–Crippen LogP) is 2.58.